The molecule has 1 rings (SSSR count). The van der Waals surface area contributed by atoms with Gasteiger partial charge < -0.3 is 10.0 Å². The number of nitrogens with zero attached hydrogens (tertiary/aromatic N) is 1. The van der Waals surface area contributed by atoms with Gasteiger partial charge in [0.05, 0.1) is 6.54 Å². The molecule has 1 aromatic rings. The molecule has 0 radical (unpaired) electrons. The number of hydrogen-bond donors (Lipinski definition) is 1. The summed E-state index contributed by atoms with van der Waals surface area (Å²) in [5.74, 6) is -2.01. The Bertz CT molecular complexity index is 630. The van der Waals surface area contributed by atoms with Gasteiger partial charge in [-0.3, -0.25) is 4.79 Å². The summed E-state index contributed by atoms with van der Waals surface area (Å²) in [6, 6.07) is 1.76. The average Bonchev–Trinajstić information content (AvgIpc) is 2.71. The fourth-order valence-electron chi connectivity index (χ4n) is 1.39. The third kappa shape index (κ3) is 5.98. The summed E-state index contributed by atoms with van der Waals surface area (Å²) in [6.07, 6.45) is 3.50. The zero-order chi connectivity index (χ0) is 15.3. The molecule has 1 N–H and O–H groups in total. The molecule has 6 nitrogen and oxygen atoms in total. The number of hydrogen-bond acceptors (Lipinski definition) is 5. The van der Waals surface area contributed by atoms with Crippen LogP contribution in [0.25, 0.3) is 6.08 Å². The van der Waals surface area contributed by atoms with Gasteiger partial charge in [0, 0.05) is 24.3 Å². The second kappa shape index (κ2) is 6.67. The summed E-state index contributed by atoms with van der Waals surface area (Å²) in [5, 5.41) is 10.3. The molecule has 0 bridgehead atoms. The zero-order valence-electron chi connectivity index (χ0n) is 11.1. The molecule has 1 heterocycles. The van der Waals surface area contributed by atoms with Crippen LogP contribution in [0.4, 0.5) is 0 Å². The van der Waals surface area contributed by atoms with Gasteiger partial charge in [0.25, 0.3) is 0 Å². The minimum Gasteiger partial charge on any atom is -0.478 e. The molecule has 0 saturated carbocycles. The quantitative estimate of drug-likeness (QED) is 0.785. The Morgan fingerprint density at radius 1 is 1.45 bits per heavy atom. The summed E-state index contributed by atoms with van der Waals surface area (Å²) in [4.78, 5) is 24.2. The molecule has 0 fully saturated rings. The van der Waals surface area contributed by atoms with Crippen molar-refractivity contribution in [1.82, 2.24) is 4.90 Å². The van der Waals surface area contributed by atoms with E-state index in [2.05, 4.69) is 0 Å². The Balaban J connectivity index is 2.65. The summed E-state index contributed by atoms with van der Waals surface area (Å²) in [7, 11) is -1.81. The highest BCUT2D eigenvalue weighted by molar-refractivity contribution is 7.91. The van der Waals surface area contributed by atoms with E-state index in [1.165, 1.54) is 29.4 Å². The minimum absolute atomic E-state index is 0.292. The van der Waals surface area contributed by atoms with Crippen molar-refractivity contribution in [2.24, 2.45) is 0 Å². The van der Waals surface area contributed by atoms with Crippen LogP contribution in [-0.2, 0) is 26.0 Å². The molecule has 0 unspecified atom stereocenters. The summed E-state index contributed by atoms with van der Waals surface area (Å²) < 4.78 is 22.1. The first-order valence-corrected chi connectivity index (χ1v) is 8.51. The van der Waals surface area contributed by atoms with Crippen LogP contribution in [0.15, 0.2) is 17.5 Å². The van der Waals surface area contributed by atoms with Crippen LogP contribution in [0.1, 0.15) is 10.4 Å². The Labute approximate surface area is 121 Å². The second-order valence-corrected chi connectivity index (χ2v) is 7.47. The van der Waals surface area contributed by atoms with Gasteiger partial charge in [0.15, 0.2) is 9.84 Å². The number of thiophene rings is 1. The summed E-state index contributed by atoms with van der Waals surface area (Å²) in [5.41, 5.74) is 0.733. The summed E-state index contributed by atoms with van der Waals surface area (Å²) >= 11 is 1.38. The van der Waals surface area contributed by atoms with E-state index in [1.54, 1.807) is 11.4 Å². The molecule has 0 aliphatic heterocycles. The van der Waals surface area contributed by atoms with E-state index in [0.717, 1.165) is 22.8 Å². The van der Waals surface area contributed by atoms with Crippen molar-refractivity contribution in [3.63, 3.8) is 0 Å². The van der Waals surface area contributed by atoms with Gasteiger partial charge >= 0.3 is 5.97 Å². The predicted octanol–water partition coefficient (Wildman–Crippen LogP) is 0.849. The minimum atomic E-state index is -3.34. The van der Waals surface area contributed by atoms with Crippen LogP contribution in [0.5, 0.6) is 0 Å². The molecule has 20 heavy (non-hydrogen) atoms. The number of carbonyl (C=O) groups excluding carboxylic acids is 1. The fraction of sp³-hybridized carbons (Fsp3) is 0.333. The molecular formula is C12H15NO5S2. The first-order valence-electron chi connectivity index (χ1n) is 5.57. The SMILES string of the molecule is CN(Cc1cc(C=CC(=O)O)cs1)C(=O)CS(C)(=O)=O. The van der Waals surface area contributed by atoms with Gasteiger partial charge in [0.2, 0.25) is 5.91 Å². The van der Waals surface area contributed by atoms with Crippen molar-refractivity contribution >= 4 is 39.1 Å². The van der Waals surface area contributed by atoms with Gasteiger partial charge in [-0.05, 0) is 23.1 Å². The Hall–Kier alpha value is -1.67. The summed E-state index contributed by atoms with van der Waals surface area (Å²) in [6.45, 7) is 0.292. The Morgan fingerprint density at radius 3 is 2.65 bits per heavy atom. The third-order valence-electron chi connectivity index (χ3n) is 2.30. The third-order valence-corrected chi connectivity index (χ3v) is 4.01. The van der Waals surface area contributed by atoms with E-state index in [-0.39, 0.29) is 0 Å². The topological polar surface area (TPSA) is 91.8 Å². The molecule has 0 saturated heterocycles. The molecule has 0 aliphatic rings. The lowest BCUT2D eigenvalue weighted by atomic mass is 10.3. The molecule has 0 spiro atoms. The van der Waals surface area contributed by atoms with Gasteiger partial charge in [-0.2, -0.15) is 0 Å². The Kier molecular flexibility index (Phi) is 5.46. The van der Waals surface area contributed by atoms with Crippen molar-refractivity contribution in [1.29, 1.82) is 0 Å². The molecule has 0 aromatic carbocycles. The number of carboxylic acids is 1. The normalized spacial score (nSPS) is 11.7. The van der Waals surface area contributed by atoms with Crippen LogP contribution in [0.3, 0.4) is 0 Å². The maximum absolute atomic E-state index is 11.6. The highest BCUT2D eigenvalue weighted by Crippen LogP contribution is 2.17. The maximum Gasteiger partial charge on any atom is 0.328 e. The van der Waals surface area contributed by atoms with E-state index < -0.39 is 27.5 Å². The fourth-order valence-corrected chi connectivity index (χ4v) is 2.97. The number of carbonyl (C=O) groups is 2. The van der Waals surface area contributed by atoms with Crippen molar-refractivity contribution in [2.75, 3.05) is 19.1 Å². The van der Waals surface area contributed by atoms with E-state index in [9.17, 15) is 18.0 Å². The van der Waals surface area contributed by atoms with Gasteiger partial charge in [0.1, 0.15) is 5.75 Å². The van der Waals surface area contributed by atoms with Crippen molar-refractivity contribution in [3.05, 3.63) is 28.0 Å². The van der Waals surface area contributed by atoms with Crippen molar-refractivity contribution < 1.29 is 23.1 Å². The van der Waals surface area contributed by atoms with Gasteiger partial charge in [-0.25, -0.2) is 13.2 Å². The first kappa shape index (κ1) is 16.4. The van der Waals surface area contributed by atoms with Gasteiger partial charge in [-0.1, -0.05) is 0 Å². The largest absolute Gasteiger partial charge is 0.478 e. The van der Waals surface area contributed by atoms with E-state index in [1.807, 2.05) is 0 Å². The number of sulfone groups is 1. The van der Waals surface area contributed by atoms with E-state index in [4.69, 9.17) is 5.11 Å². The van der Waals surface area contributed by atoms with Crippen LogP contribution in [0, 0.1) is 0 Å². The number of carboxylic acid groups (broad SMARTS) is 1. The van der Waals surface area contributed by atoms with Crippen molar-refractivity contribution in [2.45, 2.75) is 6.54 Å². The van der Waals surface area contributed by atoms with Crippen LogP contribution >= 0.6 is 11.3 Å². The van der Waals surface area contributed by atoms with Crippen LogP contribution in [-0.4, -0.2) is 49.4 Å². The van der Waals surface area contributed by atoms with Crippen LogP contribution < -0.4 is 0 Å². The monoisotopic (exact) mass is 317 g/mol. The lowest BCUT2D eigenvalue weighted by molar-refractivity contribution is -0.131. The van der Waals surface area contributed by atoms with E-state index >= 15 is 0 Å². The molecule has 8 heteroatoms. The molecule has 0 atom stereocenters. The smallest absolute Gasteiger partial charge is 0.328 e. The lowest BCUT2D eigenvalue weighted by Crippen LogP contribution is -2.31. The number of aliphatic carboxylic acids is 1. The van der Waals surface area contributed by atoms with E-state index in [0.29, 0.717) is 6.54 Å². The molecule has 110 valence electrons. The molecule has 1 amide bonds. The number of rotatable bonds is 6. The van der Waals surface area contributed by atoms with Crippen LogP contribution in [0.2, 0.25) is 0 Å². The second-order valence-electron chi connectivity index (χ2n) is 4.34. The maximum atomic E-state index is 11.6. The Morgan fingerprint density at radius 2 is 2.10 bits per heavy atom. The zero-order valence-corrected chi connectivity index (χ0v) is 12.7. The predicted molar refractivity (Wildman–Crippen MR) is 77.2 cm³/mol. The highest BCUT2D eigenvalue weighted by Gasteiger charge is 2.16. The number of amides is 1. The molecule has 1 aromatic heterocycles. The molecular weight excluding hydrogens is 302 g/mol. The lowest BCUT2D eigenvalue weighted by Gasteiger charge is -2.15. The molecule has 0 aliphatic carbocycles. The first-order chi connectivity index (χ1) is 9.17. The van der Waals surface area contributed by atoms with Crippen molar-refractivity contribution in [3.8, 4) is 0 Å². The van der Waals surface area contributed by atoms with Gasteiger partial charge in [-0.15, -0.1) is 11.3 Å². The standard InChI is InChI=1S/C12H15NO5S2/c1-13(11(14)8-20(2,17)18)6-10-5-9(7-19-10)3-4-12(15)16/h3-5,7H,6,8H2,1-2H3,(H,15,16). The average molecular weight is 317 g/mol. The highest BCUT2D eigenvalue weighted by atomic mass is 32.2.